The van der Waals surface area contributed by atoms with Crippen molar-refractivity contribution in [1.82, 2.24) is 0 Å². The second kappa shape index (κ2) is 7.09. The van der Waals surface area contributed by atoms with Crippen LogP contribution in [-0.4, -0.2) is 17.0 Å². The van der Waals surface area contributed by atoms with Gasteiger partial charge in [0.05, 0.1) is 10.6 Å². The van der Waals surface area contributed by atoms with Crippen LogP contribution in [0.5, 0.6) is 0 Å². The minimum Gasteiger partial charge on any atom is -0.478 e. The van der Waals surface area contributed by atoms with Crippen LogP contribution in [0.15, 0.2) is 54.6 Å². The van der Waals surface area contributed by atoms with Gasteiger partial charge in [0.25, 0.3) is 5.91 Å². The van der Waals surface area contributed by atoms with Crippen molar-refractivity contribution in [2.45, 2.75) is 6.92 Å². The summed E-state index contributed by atoms with van der Waals surface area (Å²) in [5.41, 5.74) is 1.81. The quantitative estimate of drug-likeness (QED) is 0.651. The van der Waals surface area contributed by atoms with E-state index in [0.29, 0.717) is 21.2 Å². The van der Waals surface area contributed by atoms with Crippen LogP contribution in [-0.2, 0) is 0 Å². The smallest absolute Gasteiger partial charge is 0.339 e. The first-order chi connectivity index (χ1) is 12.0. The SMILES string of the molecule is Cc1sc(NC(=O)c2ccccc2Cl)c(C(=O)O)c1-c1ccccc1. The number of anilines is 1. The molecule has 0 unspecified atom stereocenters. The van der Waals surface area contributed by atoms with Gasteiger partial charge in [-0.25, -0.2) is 4.79 Å². The molecular formula is C19H14ClNO3S. The first kappa shape index (κ1) is 17.2. The van der Waals surface area contributed by atoms with Gasteiger partial charge in [-0.15, -0.1) is 11.3 Å². The molecule has 0 aliphatic carbocycles. The summed E-state index contributed by atoms with van der Waals surface area (Å²) in [6, 6.07) is 15.9. The molecule has 6 heteroatoms. The van der Waals surface area contributed by atoms with E-state index < -0.39 is 11.9 Å². The Bertz CT molecular complexity index is 951. The van der Waals surface area contributed by atoms with E-state index in [1.165, 1.54) is 11.3 Å². The number of rotatable bonds is 4. The molecule has 0 spiro atoms. The van der Waals surface area contributed by atoms with Crippen molar-refractivity contribution in [3.05, 3.63) is 75.6 Å². The topological polar surface area (TPSA) is 66.4 Å². The second-order valence-electron chi connectivity index (χ2n) is 5.34. The molecule has 25 heavy (non-hydrogen) atoms. The van der Waals surface area contributed by atoms with Gasteiger partial charge in [-0.3, -0.25) is 4.79 Å². The fourth-order valence-electron chi connectivity index (χ4n) is 2.61. The van der Waals surface area contributed by atoms with E-state index >= 15 is 0 Å². The van der Waals surface area contributed by atoms with Crippen molar-refractivity contribution >= 4 is 39.8 Å². The van der Waals surface area contributed by atoms with Gasteiger partial charge < -0.3 is 10.4 Å². The lowest BCUT2D eigenvalue weighted by Gasteiger charge is -2.07. The zero-order chi connectivity index (χ0) is 18.0. The first-order valence-corrected chi connectivity index (χ1v) is 8.66. The van der Waals surface area contributed by atoms with Crippen molar-refractivity contribution in [1.29, 1.82) is 0 Å². The average Bonchev–Trinajstić information content (AvgIpc) is 2.92. The number of carbonyl (C=O) groups is 2. The summed E-state index contributed by atoms with van der Waals surface area (Å²) in [7, 11) is 0. The Labute approximate surface area is 153 Å². The zero-order valence-electron chi connectivity index (χ0n) is 13.2. The molecule has 1 heterocycles. The lowest BCUT2D eigenvalue weighted by atomic mass is 10.0. The molecule has 0 aliphatic rings. The van der Waals surface area contributed by atoms with Crippen LogP contribution in [0.25, 0.3) is 11.1 Å². The second-order valence-corrected chi connectivity index (χ2v) is 6.97. The molecule has 0 atom stereocenters. The van der Waals surface area contributed by atoms with Gasteiger partial charge >= 0.3 is 5.97 Å². The number of thiophene rings is 1. The third-order valence-electron chi connectivity index (χ3n) is 3.71. The summed E-state index contributed by atoms with van der Waals surface area (Å²) >= 11 is 7.28. The molecule has 0 fully saturated rings. The van der Waals surface area contributed by atoms with Crippen molar-refractivity contribution in [2.75, 3.05) is 5.32 Å². The van der Waals surface area contributed by atoms with Crippen molar-refractivity contribution in [3.8, 4) is 11.1 Å². The molecule has 0 saturated carbocycles. The fraction of sp³-hybridized carbons (Fsp3) is 0.0526. The summed E-state index contributed by atoms with van der Waals surface area (Å²) in [6.07, 6.45) is 0. The molecule has 0 radical (unpaired) electrons. The molecule has 2 N–H and O–H groups in total. The summed E-state index contributed by atoms with van der Waals surface area (Å²) in [5.74, 6) is -1.52. The highest BCUT2D eigenvalue weighted by Crippen LogP contribution is 2.40. The minimum atomic E-state index is -1.09. The molecule has 1 amide bonds. The average molecular weight is 372 g/mol. The molecule has 0 bridgehead atoms. The Hall–Kier alpha value is -2.63. The Morgan fingerprint density at radius 1 is 1.04 bits per heavy atom. The predicted octanol–water partition coefficient (Wildman–Crippen LogP) is 5.33. The van der Waals surface area contributed by atoms with E-state index in [1.807, 2.05) is 37.3 Å². The Morgan fingerprint density at radius 3 is 2.32 bits per heavy atom. The number of nitrogens with one attached hydrogen (secondary N) is 1. The van der Waals surface area contributed by atoms with Crippen LogP contribution in [0, 0.1) is 6.92 Å². The minimum absolute atomic E-state index is 0.0918. The van der Waals surface area contributed by atoms with Gasteiger partial charge in [-0.1, -0.05) is 54.1 Å². The van der Waals surface area contributed by atoms with E-state index in [0.717, 1.165) is 10.4 Å². The van der Waals surface area contributed by atoms with Crippen molar-refractivity contribution in [2.24, 2.45) is 0 Å². The van der Waals surface area contributed by atoms with E-state index in [2.05, 4.69) is 5.32 Å². The summed E-state index contributed by atoms with van der Waals surface area (Å²) < 4.78 is 0. The summed E-state index contributed by atoms with van der Waals surface area (Å²) in [6.45, 7) is 1.84. The third-order valence-corrected chi connectivity index (χ3v) is 5.06. The van der Waals surface area contributed by atoms with Gasteiger partial charge in [-0.05, 0) is 24.6 Å². The van der Waals surface area contributed by atoms with E-state index in [1.54, 1.807) is 24.3 Å². The first-order valence-electron chi connectivity index (χ1n) is 7.47. The van der Waals surface area contributed by atoms with Crippen molar-refractivity contribution in [3.63, 3.8) is 0 Å². The number of hydrogen-bond acceptors (Lipinski definition) is 3. The highest BCUT2D eigenvalue weighted by atomic mass is 35.5. The lowest BCUT2D eigenvalue weighted by Crippen LogP contribution is -2.14. The van der Waals surface area contributed by atoms with Crippen LogP contribution < -0.4 is 5.32 Å². The Kier molecular flexibility index (Phi) is 4.88. The third kappa shape index (κ3) is 3.43. The largest absolute Gasteiger partial charge is 0.478 e. The zero-order valence-corrected chi connectivity index (χ0v) is 14.8. The molecule has 126 valence electrons. The molecule has 0 saturated heterocycles. The maximum absolute atomic E-state index is 12.5. The molecule has 3 rings (SSSR count). The summed E-state index contributed by atoms with van der Waals surface area (Å²) in [4.78, 5) is 25.1. The fourth-order valence-corrected chi connectivity index (χ4v) is 3.89. The van der Waals surface area contributed by atoms with E-state index in [4.69, 9.17) is 11.6 Å². The maximum Gasteiger partial charge on any atom is 0.339 e. The number of hydrogen-bond donors (Lipinski definition) is 2. The number of benzene rings is 2. The van der Waals surface area contributed by atoms with Gasteiger partial charge in [-0.2, -0.15) is 0 Å². The van der Waals surface area contributed by atoms with Crippen LogP contribution in [0.3, 0.4) is 0 Å². The van der Waals surface area contributed by atoms with Crippen LogP contribution >= 0.6 is 22.9 Å². The Balaban J connectivity index is 2.05. The number of aromatic carboxylic acids is 1. The monoisotopic (exact) mass is 371 g/mol. The summed E-state index contributed by atoms with van der Waals surface area (Å²) in [5, 5.41) is 13.0. The molecule has 4 nitrogen and oxygen atoms in total. The molecular weight excluding hydrogens is 358 g/mol. The highest BCUT2D eigenvalue weighted by molar-refractivity contribution is 7.17. The lowest BCUT2D eigenvalue weighted by molar-refractivity contribution is 0.0699. The van der Waals surface area contributed by atoms with Gasteiger partial charge in [0.1, 0.15) is 10.6 Å². The van der Waals surface area contributed by atoms with Gasteiger partial charge in [0, 0.05) is 10.4 Å². The molecule has 2 aromatic carbocycles. The van der Waals surface area contributed by atoms with E-state index in [9.17, 15) is 14.7 Å². The van der Waals surface area contributed by atoms with Gasteiger partial charge in [0.15, 0.2) is 0 Å². The number of halogens is 1. The standard InChI is InChI=1S/C19H14ClNO3S/c1-11-15(12-7-3-2-4-8-12)16(19(23)24)18(25-11)21-17(22)13-9-5-6-10-14(13)20/h2-10H,1H3,(H,21,22)(H,23,24). The Morgan fingerprint density at radius 2 is 1.68 bits per heavy atom. The molecule has 3 aromatic rings. The van der Waals surface area contributed by atoms with Crippen molar-refractivity contribution < 1.29 is 14.7 Å². The predicted molar refractivity (Wildman–Crippen MR) is 101 cm³/mol. The number of carbonyl (C=O) groups excluding carboxylic acids is 1. The van der Waals surface area contributed by atoms with Crippen LogP contribution in [0.4, 0.5) is 5.00 Å². The number of aryl methyl sites for hydroxylation is 1. The number of carboxylic acid groups (broad SMARTS) is 1. The number of carboxylic acids is 1. The maximum atomic E-state index is 12.5. The van der Waals surface area contributed by atoms with Crippen LogP contribution in [0.2, 0.25) is 5.02 Å². The number of amides is 1. The van der Waals surface area contributed by atoms with Crippen LogP contribution in [0.1, 0.15) is 25.6 Å². The highest BCUT2D eigenvalue weighted by Gasteiger charge is 2.24. The normalized spacial score (nSPS) is 10.5. The van der Waals surface area contributed by atoms with E-state index in [-0.39, 0.29) is 5.56 Å². The molecule has 0 aliphatic heterocycles. The molecule has 1 aromatic heterocycles. The van der Waals surface area contributed by atoms with Gasteiger partial charge in [0.2, 0.25) is 0 Å².